The van der Waals surface area contributed by atoms with Gasteiger partial charge in [-0.25, -0.2) is 0 Å². The molecule has 1 atom stereocenters. The first kappa shape index (κ1) is 16.1. The number of carbonyl (C=O) groups is 1. The third-order valence-electron chi connectivity index (χ3n) is 4.78. The molecule has 2 fully saturated rings. The predicted molar refractivity (Wildman–Crippen MR) is 80.2 cm³/mol. The number of hydrogen-bond acceptors (Lipinski definition) is 4. The summed E-state index contributed by atoms with van der Waals surface area (Å²) in [7, 11) is 0. The van der Waals surface area contributed by atoms with Crippen LogP contribution in [0.5, 0.6) is 0 Å². The highest BCUT2D eigenvalue weighted by molar-refractivity contribution is 6.06. The summed E-state index contributed by atoms with van der Waals surface area (Å²) < 4.78 is 5.67. The van der Waals surface area contributed by atoms with Crippen LogP contribution in [0.2, 0.25) is 0 Å². The second-order valence-corrected chi connectivity index (χ2v) is 6.10. The van der Waals surface area contributed by atoms with E-state index in [0.717, 1.165) is 38.6 Å². The van der Waals surface area contributed by atoms with Gasteiger partial charge in [-0.3, -0.25) is 4.79 Å². The number of nitrogens with zero attached hydrogens (tertiary/aromatic N) is 2. The van der Waals surface area contributed by atoms with E-state index in [9.17, 15) is 4.79 Å². The number of nitrogens with two attached hydrogens (primary N) is 1. The molecule has 3 N–H and O–H groups in total. The van der Waals surface area contributed by atoms with Crippen molar-refractivity contribution in [3.8, 4) is 0 Å². The minimum absolute atomic E-state index is 0.0157. The van der Waals surface area contributed by atoms with Gasteiger partial charge in [-0.05, 0) is 32.6 Å². The molecule has 0 spiro atoms. The Labute approximate surface area is 126 Å². The Balaban J connectivity index is 2.14. The van der Waals surface area contributed by atoms with Crippen LogP contribution < -0.4 is 5.73 Å². The minimum atomic E-state index is -0.804. The molecule has 2 rings (SSSR count). The van der Waals surface area contributed by atoms with Gasteiger partial charge in [-0.15, -0.1) is 0 Å². The molecular weight excluding hydrogens is 270 g/mol. The smallest absolute Gasteiger partial charge is 0.236 e. The Kier molecular flexibility index (Phi) is 5.45. The van der Waals surface area contributed by atoms with Gasteiger partial charge in [-0.2, -0.15) is 0 Å². The molecular formula is C15H27N3O3. The third-order valence-corrected chi connectivity index (χ3v) is 4.78. The second kappa shape index (κ2) is 7.11. The highest BCUT2D eigenvalue weighted by atomic mass is 16.5. The van der Waals surface area contributed by atoms with E-state index in [-0.39, 0.29) is 17.8 Å². The number of hydrogen-bond donors (Lipinski definition) is 2. The van der Waals surface area contributed by atoms with Crippen LogP contribution in [0.25, 0.3) is 0 Å². The SMILES string of the molecule is CCOC1CCCN(C(=O)C2(C(N)=NO)CCCCC2)C1. The van der Waals surface area contributed by atoms with Crippen LogP contribution in [0, 0.1) is 5.41 Å². The van der Waals surface area contributed by atoms with Crippen LogP contribution in [0.4, 0.5) is 0 Å². The van der Waals surface area contributed by atoms with Gasteiger partial charge in [0.15, 0.2) is 5.84 Å². The fraction of sp³-hybridized carbons (Fsp3) is 0.867. The quantitative estimate of drug-likeness (QED) is 0.358. The Hall–Kier alpha value is -1.30. The Morgan fingerprint density at radius 3 is 2.71 bits per heavy atom. The van der Waals surface area contributed by atoms with Crippen molar-refractivity contribution in [1.82, 2.24) is 4.90 Å². The first-order chi connectivity index (χ1) is 10.1. The van der Waals surface area contributed by atoms with Crippen LogP contribution in [0.1, 0.15) is 51.9 Å². The number of piperidine rings is 1. The number of likely N-dealkylation sites (tertiary alicyclic amines) is 1. The van der Waals surface area contributed by atoms with Gasteiger partial charge in [0, 0.05) is 19.7 Å². The van der Waals surface area contributed by atoms with Crippen molar-refractivity contribution in [2.45, 2.75) is 58.0 Å². The summed E-state index contributed by atoms with van der Waals surface area (Å²) in [6, 6.07) is 0. The molecule has 1 aliphatic carbocycles. The van der Waals surface area contributed by atoms with Crippen LogP contribution in [-0.4, -0.2) is 47.7 Å². The number of amides is 1. The van der Waals surface area contributed by atoms with E-state index in [1.54, 1.807) is 0 Å². The lowest BCUT2D eigenvalue weighted by atomic mass is 9.71. The maximum absolute atomic E-state index is 13.0. The summed E-state index contributed by atoms with van der Waals surface area (Å²) in [6.07, 6.45) is 6.41. The topological polar surface area (TPSA) is 88.2 Å². The van der Waals surface area contributed by atoms with Crippen LogP contribution in [0.15, 0.2) is 5.16 Å². The molecule has 6 heteroatoms. The van der Waals surface area contributed by atoms with E-state index >= 15 is 0 Å². The molecule has 0 aromatic rings. The van der Waals surface area contributed by atoms with E-state index in [2.05, 4.69) is 5.16 Å². The summed E-state index contributed by atoms with van der Waals surface area (Å²) in [5.41, 5.74) is 5.10. The maximum atomic E-state index is 13.0. The zero-order valence-corrected chi connectivity index (χ0v) is 12.9. The van der Waals surface area contributed by atoms with Gasteiger partial charge >= 0.3 is 0 Å². The lowest BCUT2D eigenvalue weighted by Gasteiger charge is -2.41. The van der Waals surface area contributed by atoms with Gasteiger partial charge < -0.3 is 20.6 Å². The van der Waals surface area contributed by atoms with Crippen molar-refractivity contribution in [2.75, 3.05) is 19.7 Å². The molecule has 21 heavy (non-hydrogen) atoms. The molecule has 6 nitrogen and oxygen atoms in total. The molecule has 1 saturated heterocycles. The van der Waals surface area contributed by atoms with Crippen LogP contribution >= 0.6 is 0 Å². The van der Waals surface area contributed by atoms with Crippen LogP contribution in [0.3, 0.4) is 0 Å². The number of ether oxygens (including phenoxy) is 1. The number of amidine groups is 1. The van der Waals surface area contributed by atoms with Crippen molar-refractivity contribution in [3.05, 3.63) is 0 Å². The third kappa shape index (κ3) is 3.31. The van der Waals surface area contributed by atoms with Crippen molar-refractivity contribution >= 4 is 11.7 Å². The summed E-state index contributed by atoms with van der Waals surface area (Å²) in [6.45, 7) is 3.99. The monoisotopic (exact) mass is 297 g/mol. The Morgan fingerprint density at radius 1 is 1.38 bits per heavy atom. The predicted octanol–water partition coefficient (Wildman–Crippen LogP) is 1.71. The maximum Gasteiger partial charge on any atom is 0.236 e. The fourth-order valence-corrected chi connectivity index (χ4v) is 3.63. The Morgan fingerprint density at radius 2 is 2.10 bits per heavy atom. The molecule has 120 valence electrons. The van der Waals surface area contributed by atoms with Gasteiger partial charge in [0.2, 0.25) is 5.91 Å². The normalized spacial score (nSPS) is 26.6. The molecule has 1 saturated carbocycles. The van der Waals surface area contributed by atoms with Crippen molar-refractivity contribution in [2.24, 2.45) is 16.3 Å². The number of oxime groups is 1. The second-order valence-electron chi connectivity index (χ2n) is 6.10. The highest BCUT2D eigenvalue weighted by Gasteiger charge is 2.46. The number of carbonyl (C=O) groups excluding carboxylic acids is 1. The zero-order valence-electron chi connectivity index (χ0n) is 12.9. The highest BCUT2D eigenvalue weighted by Crippen LogP contribution is 2.39. The zero-order chi connectivity index (χ0) is 15.3. The Bertz CT molecular complexity index is 390. The molecule has 1 heterocycles. The van der Waals surface area contributed by atoms with Crippen molar-refractivity contribution in [1.29, 1.82) is 0 Å². The molecule has 0 radical (unpaired) electrons. The standard InChI is InChI=1S/C15H27N3O3/c1-2-21-12-7-6-10-18(11-12)14(19)15(13(16)17-20)8-4-3-5-9-15/h12,20H,2-11H2,1H3,(H2,16,17). The summed E-state index contributed by atoms with van der Waals surface area (Å²) >= 11 is 0. The summed E-state index contributed by atoms with van der Waals surface area (Å²) in [4.78, 5) is 14.9. The average Bonchev–Trinajstić information content (AvgIpc) is 2.54. The van der Waals surface area contributed by atoms with Gasteiger partial charge in [0.05, 0.1) is 6.10 Å². The average molecular weight is 297 g/mol. The van der Waals surface area contributed by atoms with Gasteiger partial charge in [0.25, 0.3) is 0 Å². The van der Waals surface area contributed by atoms with Crippen molar-refractivity contribution < 1.29 is 14.7 Å². The fourth-order valence-electron chi connectivity index (χ4n) is 3.63. The molecule has 0 bridgehead atoms. The van der Waals surface area contributed by atoms with Crippen molar-refractivity contribution in [3.63, 3.8) is 0 Å². The number of rotatable bonds is 4. The summed E-state index contributed by atoms with van der Waals surface area (Å²) in [5, 5.41) is 12.3. The molecule has 0 aromatic heterocycles. The van der Waals surface area contributed by atoms with Crippen LogP contribution in [-0.2, 0) is 9.53 Å². The molecule has 1 amide bonds. The van der Waals surface area contributed by atoms with E-state index < -0.39 is 5.41 Å². The molecule has 2 aliphatic rings. The largest absolute Gasteiger partial charge is 0.409 e. The minimum Gasteiger partial charge on any atom is -0.409 e. The lowest BCUT2D eigenvalue weighted by Crippen LogP contribution is -2.55. The van der Waals surface area contributed by atoms with E-state index in [1.807, 2.05) is 11.8 Å². The molecule has 1 aliphatic heterocycles. The van der Waals surface area contributed by atoms with E-state index in [4.69, 9.17) is 15.7 Å². The van der Waals surface area contributed by atoms with Gasteiger partial charge in [-0.1, -0.05) is 24.4 Å². The first-order valence-corrected chi connectivity index (χ1v) is 8.03. The van der Waals surface area contributed by atoms with E-state index in [0.29, 0.717) is 26.0 Å². The lowest BCUT2D eigenvalue weighted by molar-refractivity contribution is -0.144. The first-order valence-electron chi connectivity index (χ1n) is 8.03. The molecule has 1 unspecified atom stereocenters. The molecule has 0 aromatic carbocycles. The van der Waals surface area contributed by atoms with E-state index in [1.165, 1.54) is 0 Å². The summed E-state index contributed by atoms with van der Waals surface area (Å²) in [5.74, 6) is 0.0904. The van der Waals surface area contributed by atoms with Gasteiger partial charge in [0.1, 0.15) is 5.41 Å².